The predicted octanol–water partition coefficient (Wildman–Crippen LogP) is 5.68. The molecule has 0 unspecified atom stereocenters. The Labute approximate surface area is 188 Å². The monoisotopic (exact) mass is 425 g/mol. The van der Waals surface area contributed by atoms with Crippen molar-refractivity contribution in [1.82, 2.24) is 4.98 Å². The van der Waals surface area contributed by atoms with E-state index in [1.165, 1.54) is 0 Å². The summed E-state index contributed by atoms with van der Waals surface area (Å²) in [5, 5.41) is 0. The second kappa shape index (κ2) is 7.59. The molecule has 3 aromatic rings. The average Bonchev–Trinajstić information content (AvgIpc) is 3.30. The number of benzene rings is 2. The highest BCUT2D eigenvalue weighted by molar-refractivity contribution is 5.98. The molecule has 0 amide bonds. The largest absolute Gasteiger partial charge is 0.468 e. The highest BCUT2D eigenvalue weighted by Gasteiger charge is 2.42. The third-order valence-electron chi connectivity index (χ3n) is 5.95. The Morgan fingerprint density at radius 1 is 0.562 bits per heavy atom. The molecule has 0 saturated carbocycles. The summed E-state index contributed by atoms with van der Waals surface area (Å²) in [5.41, 5.74) is 2.69. The quantitative estimate of drug-likeness (QED) is 0.541. The van der Waals surface area contributed by atoms with Gasteiger partial charge in [-0.15, -0.1) is 0 Å². The molecule has 32 heavy (non-hydrogen) atoms. The Morgan fingerprint density at radius 3 is 1.38 bits per heavy atom. The Kier molecular flexibility index (Phi) is 4.85. The number of hydrogen-bond acceptors (Lipinski definition) is 5. The van der Waals surface area contributed by atoms with Gasteiger partial charge in [-0.25, -0.2) is 15.0 Å². The van der Waals surface area contributed by atoms with E-state index in [2.05, 4.69) is 52.0 Å². The van der Waals surface area contributed by atoms with E-state index in [0.29, 0.717) is 23.2 Å². The predicted molar refractivity (Wildman–Crippen MR) is 126 cm³/mol. The fourth-order valence-electron chi connectivity index (χ4n) is 4.34. The molecule has 2 aliphatic heterocycles. The van der Waals surface area contributed by atoms with Gasteiger partial charge in [0.2, 0.25) is 11.8 Å². The van der Waals surface area contributed by atoms with Crippen molar-refractivity contribution in [3.8, 4) is 0 Å². The van der Waals surface area contributed by atoms with Crippen LogP contribution < -0.4 is 0 Å². The van der Waals surface area contributed by atoms with E-state index >= 15 is 0 Å². The first-order valence-electron chi connectivity index (χ1n) is 10.9. The number of nitrogens with zero attached hydrogens (tertiary/aromatic N) is 3. The first-order valence-corrected chi connectivity index (χ1v) is 10.9. The molecule has 5 heteroatoms. The number of aromatic nitrogens is 1. The molecule has 0 aliphatic carbocycles. The van der Waals surface area contributed by atoms with Crippen molar-refractivity contribution < 1.29 is 9.47 Å². The number of rotatable bonds is 4. The van der Waals surface area contributed by atoms with E-state index in [1.54, 1.807) is 0 Å². The Bertz CT molecular complexity index is 1090. The maximum atomic E-state index is 6.26. The van der Waals surface area contributed by atoms with Gasteiger partial charge in [-0.2, -0.15) is 0 Å². The highest BCUT2D eigenvalue weighted by atomic mass is 16.5. The number of ether oxygens (including phenoxy) is 2. The van der Waals surface area contributed by atoms with Gasteiger partial charge < -0.3 is 9.47 Å². The van der Waals surface area contributed by atoms with Crippen LogP contribution in [0.3, 0.4) is 0 Å². The van der Waals surface area contributed by atoms with Crippen LogP contribution in [0.25, 0.3) is 0 Å². The third kappa shape index (κ3) is 3.68. The van der Waals surface area contributed by atoms with Gasteiger partial charge >= 0.3 is 0 Å². The molecule has 162 valence electrons. The minimum absolute atomic E-state index is 0.0920. The topological polar surface area (TPSA) is 56.1 Å². The van der Waals surface area contributed by atoms with Crippen molar-refractivity contribution in [2.45, 2.75) is 51.0 Å². The van der Waals surface area contributed by atoms with Crippen LogP contribution in [0, 0.1) is 0 Å². The van der Waals surface area contributed by atoms with Crippen molar-refractivity contribution in [3.63, 3.8) is 0 Å². The molecule has 5 nitrogen and oxygen atoms in total. The van der Waals surface area contributed by atoms with Crippen LogP contribution in [-0.2, 0) is 9.47 Å². The van der Waals surface area contributed by atoms with Gasteiger partial charge in [0.15, 0.2) is 0 Å². The molecule has 2 aromatic carbocycles. The van der Waals surface area contributed by atoms with E-state index in [4.69, 9.17) is 24.4 Å². The molecule has 0 N–H and O–H groups in total. The standard InChI is InChI=1S/C27H27N3O2/c1-26(2)22(18-12-7-5-8-13-18)29-24(31-26)20-16-11-17-21(28-20)25-30-23(27(3,4)32-25)19-14-9-6-10-15-19/h5-17,22-23H,1-4H3/t22-,23-/m0/s1. The Balaban J connectivity index is 1.47. The molecule has 0 bridgehead atoms. The van der Waals surface area contributed by atoms with E-state index in [9.17, 15) is 0 Å². The van der Waals surface area contributed by atoms with Gasteiger partial charge in [0.05, 0.1) is 0 Å². The fourth-order valence-corrected chi connectivity index (χ4v) is 4.34. The fraction of sp³-hybridized carbons (Fsp3) is 0.296. The van der Waals surface area contributed by atoms with Crippen LogP contribution >= 0.6 is 0 Å². The lowest BCUT2D eigenvalue weighted by Gasteiger charge is -2.25. The lowest BCUT2D eigenvalue weighted by Crippen LogP contribution is -2.28. The van der Waals surface area contributed by atoms with Gasteiger partial charge in [-0.1, -0.05) is 66.7 Å². The minimum Gasteiger partial charge on any atom is -0.468 e. The summed E-state index contributed by atoms with van der Waals surface area (Å²) in [4.78, 5) is 14.6. The number of hydrogen-bond donors (Lipinski definition) is 0. The summed E-state index contributed by atoms with van der Waals surface area (Å²) in [6.45, 7) is 8.23. The molecule has 3 heterocycles. The number of pyridine rings is 1. The summed E-state index contributed by atoms with van der Waals surface area (Å²) in [6, 6.07) is 26.0. The van der Waals surface area contributed by atoms with Gasteiger partial charge in [0.25, 0.3) is 0 Å². The van der Waals surface area contributed by atoms with Crippen LogP contribution in [0.15, 0.2) is 88.8 Å². The lowest BCUT2D eigenvalue weighted by molar-refractivity contribution is 0.0967. The third-order valence-corrected chi connectivity index (χ3v) is 5.95. The van der Waals surface area contributed by atoms with E-state index < -0.39 is 11.2 Å². The second-order valence-electron chi connectivity index (χ2n) is 9.31. The SMILES string of the molecule is CC1(C)OC(c2cccc(C3=N[C@@H](c4ccccc4)C(C)(C)O3)n2)=N[C@H]1c1ccccc1. The van der Waals surface area contributed by atoms with Crippen LogP contribution in [-0.4, -0.2) is 28.0 Å². The normalized spacial score (nSPS) is 23.1. The zero-order chi connectivity index (χ0) is 22.3. The maximum absolute atomic E-state index is 6.26. The zero-order valence-electron chi connectivity index (χ0n) is 18.8. The maximum Gasteiger partial charge on any atom is 0.236 e. The molecule has 0 fully saturated rings. The summed E-state index contributed by atoms with van der Waals surface area (Å²) >= 11 is 0. The first-order chi connectivity index (χ1) is 15.3. The van der Waals surface area contributed by atoms with Gasteiger partial charge in [-0.3, -0.25) is 0 Å². The van der Waals surface area contributed by atoms with Crippen LogP contribution in [0.2, 0.25) is 0 Å². The van der Waals surface area contributed by atoms with Crippen LogP contribution in [0.4, 0.5) is 0 Å². The average molecular weight is 426 g/mol. The smallest absolute Gasteiger partial charge is 0.236 e. The van der Waals surface area contributed by atoms with Crippen molar-refractivity contribution in [2.75, 3.05) is 0 Å². The second-order valence-corrected chi connectivity index (χ2v) is 9.31. The van der Waals surface area contributed by atoms with Crippen molar-refractivity contribution in [2.24, 2.45) is 9.98 Å². The molecule has 0 spiro atoms. The molecule has 0 saturated heterocycles. The molecule has 0 radical (unpaired) electrons. The Hall–Kier alpha value is -3.47. The van der Waals surface area contributed by atoms with E-state index in [0.717, 1.165) is 11.1 Å². The molecule has 2 atom stereocenters. The molecule has 5 rings (SSSR count). The highest BCUT2D eigenvalue weighted by Crippen LogP contribution is 2.40. The van der Waals surface area contributed by atoms with Crippen molar-refractivity contribution in [3.05, 3.63) is 101 Å². The Morgan fingerprint density at radius 2 is 0.969 bits per heavy atom. The molecular formula is C27H27N3O2. The zero-order valence-corrected chi connectivity index (χ0v) is 18.8. The van der Waals surface area contributed by atoms with Gasteiger partial charge in [-0.05, 0) is 51.0 Å². The lowest BCUT2D eigenvalue weighted by atomic mass is 9.93. The van der Waals surface area contributed by atoms with Crippen LogP contribution in [0.5, 0.6) is 0 Å². The van der Waals surface area contributed by atoms with Gasteiger partial charge in [0, 0.05) is 0 Å². The number of aliphatic imine (C=N–C) groups is 2. The summed E-state index contributed by atoms with van der Waals surface area (Å²) < 4.78 is 12.5. The summed E-state index contributed by atoms with van der Waals surface area (Å²) in [5.74, 6) is 1.09. The van der Waals surface area contributed by atoms with Gasteiger partial charge in [0.1, 0.15) is 34.7 Å². The molecule has 2 aliphatic rings. The molecular weight excluding hydrogens is 398 g/mol. The molecule has 1 aromatic heterocycles. The first kappa shape index (κ1) is 20.4. The van der Waals surface area contributed by atoms with Crippen LogP contribution in [0.1, 0.15) is 62.3 Å². The van der Waals surface area contributed by atoms with Crippen molar-refractivity contribution >= 4 is 11.8 Å². The summed E-state index contributed by atoms with van der Waals surface area (Å²) in [6.07, 6.45) is 0. The van der Waals surface area contributed by atoms with Crippen molar-refractivity contribution in [1.29, 1.82) is 0 Å². The minimum atomic E-state index is -0.462. The van der Waals surface area contributed by atoms with E-state index in [-0.39, 0.29) is 12.1 Å². The summed E-state index contributed by atoms with van der Waals surface area (Å²) in [7, 11) is 0. The van der Waals surface area contributed by atoms with E-state index in [1.807, 2.05) is 54.6 Å².